The first-order valence-corrected chi connectivity index (χ1v) is 12.8. The zero-order valence-electron chi connectivity index (χ0n) is 20.2. The van der Waals surface area contributed by atoms with Gasteiger partial charge < -0.3 is 0 Å². The highest BCUT2D eigenvalue weighted by Crippen LogP contribution is 2.41. The fraction of sp³-hybridized carbons (Fsp3) is 0.714. The summed E-state index contributed by atoms with van der Waals surface area (Å²) in [6.45, 7) is 6.62. The van der Waals surface area contributed by atoms with E-state index in [1.54, 1.807) is 11.8 Å². The van der Waals surface area contributed by atoms with Crippen LogP contribution < -0.4 is 0 Å². The fourth-order valence-corrected chi connectivity index (χ4v) is 5.95. The Kier molecular flexibility index (Phi) is 8.75. The van der Waals surface area contributed by atoms with Crippen LogP contribution >= 0.6 is 0 Å². The highest BCUT2D eigenvalue weighted by atomic mass is 16.2. The van der Waals surface area contributed by atoms with Gasteiger partial charge in [0, 0.05) is 5.41 Å². The molecule has 1 aromatic rings. The van der Waals surface area contributed by atoms with E-state index in [1.807, 2.05) is 12.1 Å². The largest absolute Gasteiger partial charge is 0.296 e. The second-order valence-electron chi connectivity index (χ2n) is 10.7. The molecular formula is C28H44N2O. The molecule has 0 aromatic heterocycles. The van der Waals surface area contributed by atoms with Crippen molar-refractivity contribution < 1.29 is 4.79 Å². The molecule has 1 N–H and O–H groups in total. The van der Waals surface area contributed by atoms with E-state index in [0.29, 0.717) is 18.3 Å². The lowest BCUT2D eigenvalue weighted by atomic mass is 9.70. The molecule has 1 aromatic carbocycles. The van der Waals surface area contributed by atoms with Gasteiger partial charge in [-0.2, -0.15) is 0 Å². The maximum atomic E-state index is 14.1. The second kappa shape index (κ2) is 11.3. The van der Waals surface area contributed by atoms with Gasteiger partial charge in [-0.15, -0.1) is 0 Å². The van der Waals surface area contributed by atoms with Crippen LogP contribution in [0.4, 0.5) is 0 Å². The van der Waals surface area contributed by atoms with E-state index in [0.717, 1.165) is 24.3 Å². The van der Waals surface area contributed by atoms with Gasteiger partial charge in [-0.3, -0.25) is 15.1 Å². The summed E-state index contributed by atoms with van der Waals surface area (Å²) in [5, 5.41) is 8.43. The van der Waals surface area contributed by atoms with Crippen molar-refractivity contribution in [1.82, 2.24) is 4.90 Å². The molecule has 0 saturated heterocycles. The molecule has 2 aliphatic carbocycles. The third-order valence-corrected chi connectivity index (χ3v) is 8.05. The highest BCUT2D eigenvalue weighted by Gasteiger charge is 2.40. The molecule has 3 rings (SSSR count). The van der Waals surface area contributed by atoms with Crippen LogP contribution in [-0.2, 0) is 11.3 Å². The Bertz CT molecular complexity index is 730. The number of benzene rings is 1. The van der Waals surface area contributed by atoms with Gasteiger partial charge in [0.1, 0.15) is 0 Å². The van der Waals surface area contributed by atoms with Crippen molar-refractivity contribution in [2.75, 3.05) is 0 Å². The number of hydrogen-bond donors (Lipinski definition) is 1. The first-order valence-electron chi connectivity index (χ1n) is 12.8. The van der Waals surface area contributed by atoms with Crippen LogP contribution in [0.1, 0.15) is 108 Å². The van der Waals surface area contributed by atoms with Gasteiger partial charge in [0.05, 0.1) is 12.4 Å². The molecule has 1 unspecified atom stereocenters. The van der Waals surface area contributed by atoms with Gasteiger partial charge >= 0.3 is 0 Å². The maximum Gasteiger partial charge on any atom is 0.234 e. The number of amidine groups is 1. The minimum atomic E-state index is -0.357. The molecule has 1 atom stereocenters. The van der Waals surface area contributed by atoms with Gasteiger partial charge in [0.15, 0.2) is 0 Å². The Balaban J connectivity index is 1.78. The van der Waals surface area contributed by atoms with Crippen molar-refractivity contribution in [3.8, 4) is 0 Å². The van der Waals surface area contributed by atoms with Crippen LogP contribution in [0.2, 0.25) is 0 Å². The van der Waals surface area contributed by atoms with Crippen LogP contribution in [-0.4, -0.2) is 16.6 Å². The first-order chi connectivity index (χ1) is 14.9. The Morgan fingerprint density at radius 3 is 2.16 bits per heavy atom. The molecular weight excluding hydrogens is 380 g/mol. The van der Waals surface area contributed by atoms with Gasteiger partial charge in [0.2, 0.25) is 5.91 Å². The molecule has 3 heteroatoms. The van der Waals surface area contributed by atoms with Gasteiger partial charge in [0.25, 0.3) is 0 Å². The Hall–Kier alpha value is -1.64. The number of nitrogens with zero attached hydrogens (tertiary/aromatic N) is 1. The van der Waals surface area contributed by atoms with Crippen LogP contribution in [0.3, 0.4) is 0 Å². The van der Waals surface area contributed by atoms with Gasteiger partial charge in [-0.25, -0.2) is 0 Å². The number of hydrogen-bond acceptors (Lipinski definition) is 2. The number of aryl methyl sites for hydroxylation is 1. The standard InChI is InChI=1S/C28H44N2O/c1-22-12-10-11-17-26(22)21-30(23(2)29)27(31)28(3,20-25-15-8-5-9-16-25)19-18-24-13-6-4-7-14-24/h10-12,17,24-25,29H,4-9,13-16,18-21H2,1-3H3. The van der Waals surface area contributed by atoms with Crippen molar-refractivity contribution in [2.45, 2.75) is 111 Å². The van der Waals surface area contributed by atoms with Crippen LogP contribution in [0.5, 0.6) is 0 Å². The lowest BCUT2D eigenvalue weighted by molar-refractivity contribution is -0.139. The molecule has 0 aliphatic heterocycles. The topological polar surface area (TPSA) is 44.2 Å². The van der Waals surface area contributed by atoms with Crippen molar-refractivity contribution in [3.05, 3.63) is 35.4 Å². The minimum absolute atomic E-state index is 0.185. The monoisotopic (exact) mass is 424 g/mol. The Morgan fingerprint density at radius 2 is 1.58 bits per heavy atom. The summed E-state index contributed by atoms with van der Waals surface area (Å²) in [7, 11) is 0. The summed E-state index contributed by atoms with van der Waals surface area (Å²) in [6, 6.07) is 8.27. The van der Waals surface area contributed by atoms with Crippen molar-refractivity contribution >= 4 is 11.7 Å². The average molecular weight is 425 g/mol. The summed E-state index contributed by atoms with van der Waals surface area (Å²) in [5.41, 5.74) is 1.98. The number of carbonyl (C=O) groups is 1. The van der Waals surface area contributed by atoms with E-state index in [9.17, 15) is 4.79 Å². The van der Waals surface area contributed by atoms with E-state index in [2.05, 4.69) is 26.0 Å². The van der Waals surface area contributed by atoms with Crippen LogP contribution in [0.15, 0.2) is 24.3 Å². The molecule has 2 aliphatic rings. The van der Waals surface area contributed by atoms with Gasteiger partial charge in [-0.1, -0.05) is 95.4 Å². The SMILES string of the molecule is CC(=N)N(Cc1ccccc1C)C(=O)C(C)(CCC1CCCCC1)CC1CCCCC1. The smallest absolute Gasteiger partial charge is 0.234 e. The summed E-state index contributed by atoms with van der Waals surface area (Å²) in [5.74, 6) is 2.02. The lowest BCUT2D eigenvalue weighted by Crippen LogP contribution is -2.45. The molecule has 0 bridgehead atoms. The zero-order chi connectivity index (χ0) is 22.3. The second-order valence-corrected chi connectivity index (χ2v) is 10.7. The van der Waals surface area contributed by atoms with E-state index >= 15 is 0 Å². The molecule has 3 nitrogen and oxygen atoms in total. The first kappa shape index (κ1) is 24.0. The lowest BCUT2D eigenvalue weighted by Gasteiger charge is -2.39. The molecule has 2 saturated carbocycles. The van der Waals surface area contributed by atoms with Crippen LogP contribution in [0.25, 0.3) is 0 Å². The van der Waals surface area contributed by atoms with E-state index in [1.165, 1.54) is 76.2 Å². The van der Waals surface area contributed by atoms with E-state index < -0.39 is 0 Å². The quantitative estimate of drug-likeness (QED) is 0.338. The summed E-state index contributed by atoms with van der Waals surface area (Å²) >= 11 is 0. The molecule has 0 radical (unpaired) electrons. The number of carbonyl (C=O) groups excluding carboxylic acids is 1. The average Bonchev–Trinajstić information content (AvgIpc) is 2.78. The molecule has 0 heterocycles. The summed E-state index contributed by atoms with van der Waals surface area (Å²) < 4.78 is 0. The number of nitrogens with one attached hydrogen (secondary N) is 1. The van der Waals surface area contributed by atoms with Gasteiger partial charge in [-0.05, 0) is 56.1 Å². The molecule has 31 heavy (non-hydrogen) atoms. The summed E-state index contributed by atoms with van der Waals surface area (Å²) in [6.07, 6.45) is 16.4. The molecule has 1 amide bonds. The van der Waals surface area contributed by atoms with E-state index in [-0.39, 0.29) is 11.3 Å². The van der Waals surface area contributed by atoms with E-state index in [4.69, 9.17) is 5.41 Å². The minimum Gasteiger partial charge on any atom is -0.296 e. The number of rotatable bonds is 8. The predicted octanol–water partition coefficient (Wildman–Crippen LogP) is 7.66. The fourth-order valence-electron chi connectivity index (χ4n) is 5.95. The molecule has 0 spiro atoms. The highest BCUT2D eigenvalue weighted by molar-refractivity contribution is 5.98. The van der Waals surface area contributed by atoms with Crippen molar-refractivity contribution in [3.63, 3.8) is 0 Å². The van der Waals surface area contributed by atoms with Crippen molar-refractivity contribution in [1.29, 1.82) is 5.41 Å². The Labute approximate surface area is 190 Å². The van der Waals surface area contributed by atoms with Crippen molar-refractivity contribution in [2.24, 2.45) is 17.3 Å². The Morgan fingerprint density at radius 1 is 1.00 bits per heavy atom. The molecule has 2 fully saturated rings. The molecule has 172 valence electrons. The third kappa shape index (κ3) is 6.67. The maximum absolute atomic E-state index is 14.1. The van der Waals surface area contributed by atoms with Crippen LogP contribution in [0, 0.1) is 29.6 Å². The number of amides is 1. The normalized spacial score (nSPS) is 20.2. The third-order valence-electron chi connectivity index (χ3n) is 8.05. The predicted molar refractivity (Wildman–Crippen MR) is 130 cm³/mol. The zero-order valence-corrected chi connectivity index (χ0v) is 20.2. The summed E-state index contributed by atoms with van der Waals surface area (Å²) in [4.78, 5) is 15.8.